The molecule has 0 aromatic rings. The fraction of sp³-hybridized carbons (Fsp3) is 0.400. The quantitative estimate of drug-likeness (QED) is 0.231. The van der Waals surface area contributed by atoms with Gasteiger partial charge in [-0.1, -0.05) is 6.08 Å². The fourth-order valence-electron chi connectivity index (χ4n) is 0.677. The van der Waals surface area contributed by atoms with Crippen LogP contribution >= 0.6 is 0 Å². The summed E-state index contributed by atoms with van der Waals surface area (Å²) in [6, 6.07) is 0. The number of carbonyl (C=O) groups is 1. The van der Waals surface area contributed by atoms with Crippen molar-refractivity contribution in [3.63, 3.8) is 0 Å². The van der Waals surface area contributed by atoms with Crippen molar-refractivity contribution < 1.29 is 14.5 Å². The summed E-state index contributed by atoms with van der Waals surface area (Å²) in [6.45, 7) is 0.125. The SMILES string of the molecule is O=CC1([N+](=O)[O-])C=CCO1. The van der Waals surface area contributed by atoms with Crippen molar-refractivity contribution in [3.8, 4) is 0 Å². The summed E-state index contributed by atoms with van der Waals surface area (Å²) in [5.41, 5.74) is -1.90. The van der Waals surface area contributed by atoms with Crippen LogP contribution in [0.15, 0.2) is 12.2 Å². The normalized spacial score (nSPS) is 30.4. The summed E-state index contributed by atoms with van der Waals surface area (Å²) in [7, 11) is 0. The molecule has 0 N–H and O–H groups in total. The fourth-order valence-corrected chi connectivity index (χ4v) is 0.677. The third kappa shape index (κ3) is 0.801. The van der Waals surface area contributed by atoms with Crippen molar-refractivity contribution in [2.45, 2.75) is 5.72 Å². The van der Waals surface area contributed by atoms with Gasteiger partial charge in [0.2, 0.25) is 6.29 Å². The first-order valence-electron chi connectivity index (χ1n) is 2.64. The average molecular weight is 143 g/mol. The molecular formula is C5H5NO4. The summed E-state index contributed by atoms with van der Waals surface area (Å²) in [6.07, 6.45) is 2.76. The maximum absolute atomic E-state index is 10.2. The van der Waals surface area contributed by atoms with Gasteiger partial charge in [0.15, 0.2) is 0 Å². The number of aldehydes is 1. The van der Waals surface area contributed by atoms with E-state index in [-0.39, 0.29) is 12.9 Å². The molecule has 0 saturated carbocycles. The molecule has 1 atom stereocenters. The summed E-state index contributed by atoms with van der Waals surface area (Å²) >= 11 is 0. The molecule has 0 amide bonds. The largest absolute Gasteiger partial charge is 0.401 e. The standard InChI is InChI=1S/C5H5NO4/c7-4-5(6(8)9)2-1-3-10-5/h1-2,4H,3H2. The van der Waals surface area contributed by atoms with Gasteiger partial charge in [0, 0.05) is 6.08 Å². The van der Waals surface area contributed by atoms with Crippen molar-refractivity contribution in [2.24, 2.45) is 0 Å². The van der Waals surface area contributed by atoms with Gasteiger partial charge in [0.05, 0.1) is 11.5 Å². The Balaban J connectivity index is 2.88. The first kappa shape index (κ1) is 6.88. The topological polar surface area (TPSA) is 69.4 Å². The van der Waals surface area contributed by atoms with Gasteiger partial charge >= 0.3 is 5.72 Å². The van der Waals surface area contributed by atoms with Crippen molar-refractivity contribution in [1.82, 2.24) is 0 Å². The van der Waals surface area contributed by atoms with E-state index < -0.39 is 10.6 Å². The zero-order chi connectivity index (χ0) is 7.61. The molecule has 0 aliphatic carbocycles. The number of carbonyl (C=O) groups excluding carboxylic acids is 1. The van der Waals surface area contributed by atoms with Crippen molar-refractivity contribution in [2.75, 3.05) is 6.61 Å². The average Bonchev–Trinajstić information content (AvgIpc) is 2.35. The molecule has 1 heterocycles. The Morgan fingerprint density at radius 1 is 1.80 bits per heavy atom. The molecule has 0 radical (unpaired) electrons. The highest BCUT2D eigenvalue weighted by molar-refractivity contribution is 5.63. The Labute approximate surface area is 56.4 Å². The van der Waals surface area contributed by atoms with Crippen LogP contribution in [0, 0.1) is 10.1 Å². The van der Waals surface area contributed by atoms with Crippen molar-refractivity contribution >= 4 is 6.29 Å². The molecule has 1 rings (SSSR count). The van der Waals surface area contributed by atoms with Gasteiger partial charge in [0.25, 0.3) is 0 Å². The lowest BCUT2D eigenvalue weighted by Crippen LogP contribution is -2.38. The molecular weight excluding hydrogens is 138 g/mol. The van der Waals surface area contributed by atoms with E-state index in [0.717, 1.165) is 6.08 Å². The third-order valence-electron chi connectivity index (χ3n) is 1.22. The lowest BCUT2D eigenvalue weighted by atomic mass is 10.3. The summed E-state index contributed by atoms with van der Waals surface area (Å²) in [5.74, 6) is 0. The predicted octanol–water partition coefficient (Wildman–Crippen LogP) is -0.255. The van der Waals surface area contributed by atoms with Crippen LogP contribution in [0.2, 0.25) is 0 Å². The number of ether oxygens (including phenoxy) is 1. The molecule has 1 unspecified atom stereocenters. The molecule has 5 heteroatoms. The highest BCUT2D eigenvalue weighted by atomic mass is 16.7. The van der Waals surface area contributed by atoms with Crippen LogP contribution in [0.1, 0.15) is 0 Å². The predicted molar refractivity (Wildman–Crippen MR) is 30.9 cm³/mol. The molecule has 0 spiro atoms. The van der Waals surface area contributed by atoms with Gasteiger partial charge in [-0.15, -0.1) is 0 Å². The molecule has 5 nitrogen and oxygen atoms in total. The lowest BCUT2D eigenvalue weighted by molar-refractivity contribution is -0.587. The van der Waals surface area contributed by atoms with Crippen LogP contribution in [0.5, 0.6) is 0 Å². The maximum Gasteiger partial charge on any atom is 0.401 e. The van der Waals surface area contributed by atoms with Crippen LogP contribution in [-0.4, -0.2) is 23.5 Å². The van der Waals surface area contributed by atoms with Crippen LogP contribution < -0.4 is 0 Å². The van der Waals surface area contributed by atoms with Crippen LogP contribution in [0.25, 0.3) is 0 Å². The van der Waals surface area contributed by atoms with Gasteiger partial charge in [-0.25, -0.2) is 0 Å². The highest BCUT2D eigenvalue weighted by Gasteiger charge is 2.43. The van der Waals surface area contributed by atoms with Crippen LogP contribution in [-0.2, 0) is 9.53 Å². The van der Waals surface area contributed by atoms with Gasteiger partial charge in [-0.3, -0.25) is 14.9 Å². The second kappa shape index (κ2) is 2.18. The molecule has 10 heavy (non-hydrogen) atoms. The summed E-state index contributed by atoms with van der Waals surface area (Å²) < 4.78 is 4.57. The van der Waals surface area contributed by atoms with E-state index in [9.17, 15) is 14.9 Å². The van der Waals surface area contributed by atoms with E-state index in [0.29, 0.717) is 0 Å². The van der Waals surface area contributed by atoms with E-state index >= 15 is 0 Å². The summed E-state index contributed by atoms with van der Waals surface area (Å²) in [5, 5.41) is 10.2. The number of hydrogen-bond donors (Lipinski definition) is 0. The van der Waals surface area contributed by atoms with E-state index in [1.54, 1.807) is 0 Å². The van der Waals surface area contributed by atoms with Crippen LogP contribution in [0.4, 0.5) is 0 Å². The van der Waals surface area contributed by atoms with Crippen LogP contribution in [0.3, 0.4) is 0 Å². The second-order valence-corrected chi connectivity index (χ2v) is 1.84. The van der Waals surface area contributed by atoms with Gasteiger partial charge in [-0.05, 0) is 0 Å². The Bertz CT molecular complexity index is 200. The molecule has 54 valence electrons. The Morgan fingerprint density at radius 2 is 2.50 bits per heavy atom. The van der Waals surface area contributed by atoms with Crippen molar-refractivity contribution in [1.29, 1.82) is 0 Å². The molecule has 1 aliphatic heterocycles. The van der Waals surface area contributed by atoms with Gasteiger partial charge in [-0.2, -0.15) is 0 Å². The minimum atomic E-state index is -1.90. The van der Waals surface area contributed by atoms with E-state index in [1.807, 2.05) is 0 Å². The molecule has 0 aromatic heterocycles. The number of rotatable bonds is 2. The zero-order valence-corrected chi connectivity index (χ0v) is 5.02. The smallest absolute Gasteiger partial charge is 0.301 e. The van der Waals surface area contributed by atoms with E-state index in [2.05, 4.69) is 4.74 Å². The molecule has 0 bridgehead atoms. The molecule has 0 fully saturated rings. The zero-order valence-electron chi connectivity index (χ0n) is 5.02. The molecule has 0 saturated heterocycles. The number of hydrogen-bond acceptors (Lipinski definition) is 4. The maximum atomic E-state index is 10.2. The Kier molecular flexibility index (Phi) is 1.50. The van der Waals surface area contributed by atoms with Gasteiger partial charge < -0.3 is 4.74 Å². The Morgan fingerprint density at radius 3 is 2.70 bits per heavy atom. The lowest BCUT2D eigenvalue weighted by Gasteiger charge is -2.08. The molecule has 0 aromatic carbocycles. The minimum absolute atomic E-state index is 0.125. The second-order valence-electron chi connectivity index (χ2n) is 1.84. The Hall–Kier alpha value is -1.23. The van der Waals surface area contributed by atoms with E-state index in [1.165, 1.54) is 6.08 Å². The minimum Gasteiger partial charge on any atom is -0.301 e. The highest BCUT2D eigenvalue weighted by Crippen LogP contribution is 2.16. The van der Waals surface area contributed by atoms with E-state index in [4.69, 9.17) is 0 Å². The monoisotopic (exact) mass is 143 g/mol. The van der Waals surface area contributed by atoms with Gasteiger partial charge in [0.1, 0.15) is 0 Å². The number of nitrogens with zero attached hydrogens (tertiary/aromatic N) is 1. The first-order valence-corrected chi connectivity index (χ1v) is 2.64. The first-order chi connectivity index (χ1) is 4.71. The third-order valence-corrected chi connectivity index (χ3v) is 1.22. The molecule has 1 aliphatic rings. The number of nitro groups is 1. The summed E-state index contributed by atoms with van der Waals surface area (Å²) in [4.78, 5) is 19.5. The van der Waals surface area contributed by atoms with Crippen molar-refractivity contribution in [3.05, 3.63) is 22.3 Å².